The van der Waals surface area contributed by atoms with Gasteiger partial charge in [0, 0.05) is 0 Å². The number of rotatable bonds is 6. The maximum absolute atomic E-state index is 2.76. The van der Waals surface area contributed by atoms with Crippen molar-refractivity contribution in [2.75, 3.05) is 13.1 Å². The van der Waals surface area contributed by atoms with E-state index in [-0.39, 0.29) is 0 Å². The van der Waals surface area contributed by atoms with Crippen molar-refractivity contribution in [2.45, 2.75) is 66.8 Å². The number of aryl methyl sites for hydroxylation is 1. The molecule has 1 nitrogen and oxygen atoms in total. The molecule has 1 aliphatic carbocycles. The Morgan fingerprint density at radius 1 is 1.10 bits per heavy atom. The summed E-state index contributed by atoms with van der Waals surface area (Å²) in [5.74, 6) is 0. The molecule has 1 atom stereocenters. The average Bonchev–Trinajstić information content (AvgIpc) is 2.45. The van der Waals surface area contributed by atoms with Crippen LogP contribution in [0.1, 0.15) is 44.2 Å². The fraction of sp³-hybridized carbons (Fsp3) is 0.684. The molecule has 2 rings (SSSR count). The Morgan fingerprint density at radius 3 is 2.33 bits per heavy atom. The summed E-state index contributed by atoms with van der Waals surface area (Å²) in [7, 11) is 0. The Morgan fingerprint density at radius 2 is 1.76 bits per heavy atom. The molecule has 0 bridgehead atoms. The molecule has 0 unspecified atom stereocenters. The third-order valence-electron chi connectivity index (χ3n) is 4.81. The van der Waals surface area contributed by atoms with Gasteiger partial charge in [0.2, 0.25) is 0 Å². The van der Waals surface area contributed by atoms with E-state index in [1.807, 2.05) is 0 Å². The molecule has 0 heterocycles. The van der Waals surface area contributed by atoms with E-state index in [0.29, 0.717) is 0 Å². The second-order valence-electron chi connectivity index (χ2n) is 7.63. The SMILES string of the molecule is CCCN(CCC)[C@H]1CCc2ccc[c]([Sn]([CH3])([CH3])[CH3])c2C1. The van der Waals surface area contributed by atoms with Crippen LogP contribution in [-0.2, 0) is 12.8 Å². The van der Waals surface area contributed by atoms with Crippen LogP contribution in [0.4, 0.5) is 0 Å². The van der Waals surface area contributed by atoms with Crippen LogP contribution in [0, 0.1) is 0 Å². The van der Waals surface area contributed by atoms with E-state index in [9.17, 15) is 0 Å². The van der Waals surface area contributed by atoms with Gasteiger partial charge in [-0.15, -0.1) is 0 Å². The minimum absolute atomic E-state index is 0.784. The third-order valence-corrected chi connectivity index (χ3v) is 10.8. The Bertz CT molecular complexity index is 455. The van der Waals surface area contributed by atoms with Crippen molar-refractivity contribution < 1.29 is 0 Å². The quantitative estimate of drug-likeness (QED) is 0.654. The summed E-state index contributed by atoms with van der Waals surface area (Å²) in [4.78, 5) is 10.4. The van der Waals surface area contributed by atoms with Gasteiger partial charge in [0.05, 0.1) is 0 Å². The van der Waals surface area contributed by atoms with Crippen molar-refractivity contribution in [3.63, 3.8) is 0 Å². The second-order valence-corrected chi connectivity index (χ2v) is 22.0. The van der Waals surface area contributed by atoms with Crippen molar-refractivity contribution >= 4 is 22.0 Å². The number of nitrogens with zero attached hydrogens (tertiary/aromatic N) is 1. The van der Waals surface area contributed by atoms with Gasteiger partial charge >= 0.3 is 136 Å². The van der Waals surface area contributed by atoms with E-state index >= 15 is 0 Å². The predicted octanol–water partition coefficient (Wildman–Crippen LogP) is 4.21. The first kappa shape index (κ1) is 17.3. The molecule has 21 heavy (non-hydrogen) atoms. The average molecular weight is 394 g/mol. The van der Waals surface area contributed by atoms with Gasteiger partial charge in [0.1, 0.15) is 0 Å². The first-order valence-electron chi connectivity index (χ1n) is 8.82. The normalized spacial score (nSPS) is 18.9. The Hall–Kier alpha value is -0.0213. The van der Waals surface area contributed by atoms with Crippen molar-refractivity contribution in [1.29, 1.82) is 0 Å². The standard InChI is InChI=1S/C16H24N.3CH3.Sn/c1-3-11-17(12-4-2)16-10-9-14-7-5-6-8-15(14)13-16;;;;/h5-7,16H,3-4,9-13H2,1-2H3;3*1H3;/t16-;;;;/m0..../s1. The maximum atomic E-state index is 2.76. The fourth-order valence-corrected chi connectivity index (χ4v) is 8.87. The zero-order valence-electron chi connectivity index (χ0n) is 14.7. The summed E-state index contributed by atoms with van der Waals surface area (Å²) in [6.07, 6.45) is 6.52. The zero-order valence-corrected chi connectivity index (χ0v) is 17.6. The molecule has 0 fully saturated rings. The molecule has 0 saturated carbocycles. The summed E-state index contributed by atoms with van der Waals surface area (Å²) in [5, 5.41) is 0. The topological polar surface area (TPSA) is 3.24 Å². The van der Waals surface area contributed by atoms with Gasteiger partial charge in [-0.05, 0) is 0 Å². The fourth-order valence-electron chi connectivity index (χ4n) is 3.84. The molecule has 0 N–H and O–H groups in total. The van der Waals surface area contributed by atoms with E-state index in [4.69, 9.17) is 0 Å². The number of fused-ring (bicyclic) bond motifs is 1. The van der Waals surface area contributed by atoms with Crippen LogP contribution in [0.2, 0.25) is 14.8 Å². The summed E-state index contributed by atoms with van der Waals surface area (Å²) in [5.41, 5.74) is 3.40. The molecule has 2 heteroatoms. The van der Waals surface area contributed by atoms with Crippen LogP contribution >= 0.6 is 0 Å². The van der Waals surface area contributed by atoms with E-state index in [1.165, 1.54) is 45.2 Å². The van der Waals surface area contributed by atoms with Gasteiger partial charge in [-0.3, -0.25) is 0 Å². The van der Waals surface area contributed by atoms with Crippen LogP contribution in [0.25, 0.3) is 0 Å². The molecule has 1 aromatic rings. The van der Waals surface area contributed by atoms with E-state index in [1.54, 1.807) is 14.7 Å². The number of benzene rings is 1. The third kappa shape index (κ3) is 4.25. The molecule has 0 spiro atoms. The number of hydrogen-bond acceptors (Lipinski definition) is 1. The first-order valence-corrected chi connectivity index (χ1v) is 18.8. The van der Waals surface area contributed by atoms with Crippen molar-refractivity contribution in [3.8, 4) is 0 Å². The van der Waals surface area contributed by atoms with Crippen LogP contribution in [0.15, 0.2) is 18.2 Å². The van der Waals surface area contributed by atoms with E-state index in [2.05, 4.69) is 51.8 Å². The Kier molecular flexibility index (Phi) is 6.19. The summed E-state index contributed by atoms with van der Waals surface area (Å²) in [6.45, 7) is 7.18. The predicted molar refractivity (Wildman–Crippen MR) is 97.4 cm³/mol. The van der Waals surface area contributed by atoms with Crippen molar-refractivity contribution in [2.24, 2.45) is 0 Å². The van der Waals surface area contributed by atoms with Gasteiger partial charge in [-0.1, -0.05) is 0 Å². The molecule has 0 amide bonds. The first-order chi connectivity index (χ1) is 9.97. The molecular weight excluding hydrogens is 361 g/mol. The van der Waals surface area contributed by atoms with E-state index in [0.717, 1.165) is 6.04 Å². The van der Waals surface area contributed by atoms with Crippen LogP contribution in [-0.4, -0.2) is 42.4 Å². The van der Waals surface area contributed by atoms with Gasteiger partial charge in [-0.25, -0.2) is 0 Å². The second kappa shape index (κ2) is 7.50. The van der Waals surface area contributed by atoms with Gasteiger partial charge < -0.3 is 0 Å². The molecule has 1 aromatic carbocycles. The zero-order chi connectivity index (χ0) is 15.5. The number of hydrogen-bond donors (Lipinski definition) is 0. The molecule has 0 aromatic heterocycles. The minimum atomic E-state index is -2.00. The van der Waals surface area contributed by atoms with Crippen molar-refractivity contribution in [1.82, 2.24) is 4.90 Å². The summed E-state index contributed by atoms with van der Waals surface area (Å²) in [6, 6.07) is 7.93. The molecule has 1 aliphatic rings. The molecule has 118 valence electrons. The van der Waals surface area contributed by atoms with Gasteiger partial charge in [-0.2, -0.15) is 0 Å². The molecule has 0 radical (unpaired) electrons. The van der Waals surface area contributed by atoms with Crippen LogP contribution < -0.4 is 3.58 Å². The van der Waals surface area contributed by atoms with Crippen molar-refractivity contribution in [3.05, 3.63) is 29.3 Å². The summed E-state index contributed by atoms with van der Waals surface area (Å²) >= 11 is -2.00. The van der Waals surface area contributed by atoms with Crippen LogP contribution in [0.5, 0.6) is 0 Å². The summed E-state index contributed by atoms with van der Waals surface area (Å²) < 4.78 is 1.78. The Balaban J connectivity index is 2.26. The molecule has 0 saturated heterocycles. The Labute approximate surface area is 136 Å². The van der Waals surface area contributed by atoms with E-state index < -0.39 is 18.4 Å². The van der Waals surface area contributed by atoms with Crippen LogP contribution in [0.3, 0.4) is 0 Å². The molecule has 0 aliphatic heterocycles. The monoisotopic (exact) mass is 395 g/mol. The van der Waals surface area contributed by atoms with Gasteiger partial charge in [0.25, 0.3) is 0 Å². The molecular formula is C19H33NSn. The van der Waals surface area contributed by atoms with Gasteiger partial charge in [0.15, 0.2) is 0 Å².